The van der Waals surface area contributed by atoms with Crippen molar-refractivity contribution in [1.29, 1.82) is 0 Å². The number of benzene rings is 1. The Morgan fingerprint density at radius 2 is 1.89 bits per heavy atom. The topological polar surface area (TPSA) is 43.8 Å². The molecule has 104 valence electrons. The van der Waals surface area contributed by atoms with E-state index in [1.165, 1.54) is 18.5 Å². The molecule has 0 bridgehead atoms. The molecular formula is C15H22N2O2. The molecule has 1 aromatic carbocycles. The standard InChI is InChI=1S/C15H22N2O2/c1-2-16(12-9-15(18)19)13-5-7-14(8-6-13)17-10-3-4-11-17/h5-8H,2-4,9-12H2,1H3,(H,18,19). The lowest BCUT2D eigenvalue weighted by atomic mass is 10.2. The van der Waals surface area contributed by atoms with Crippen LogP contribution in [0.2, 0.25) is 0 Å². The Labute approximate surface area is 114 Å². The van der Waals surface area contributed by atoms with E-state index in [-0.39, 0.29) is 6.42 Å². The Balaban J connectivity index is 2.00. The average molecular weight is 262 g/mol. The van der Waals surface area contributed by atoms with E-state index in [0.717, 1.165) is 25.3 Å². The predicted molar refractivity (Wildman–Crippen MR) is 78.0 cm³/mol. The van der Waals surface area contributed by atoms with Crippen LogP contribution in [0.15, 0.2) is 24.3 Å². The third-order valence-corrected chi connectivity index (χ3v) is 3.66. The van der Waals surface area contributed by atoms with E-state index in [9.17, 15) is 4.79 Å². The highest BCUT2D eigenvalue weighted by Crippen LogP contribution is 2.23. The maximum Gasteiger partial charge on any atom is 0.305 e. The fraction of sp³-hybridized carbons (Fsp3) is 0.533. The van der Waals surface area contributed by atoms with Gasteiger partial charge in [-0.05, 0) is 44.0 Å². The number of carboxylic acid groups (broad SMARTS) is 1. The summed E-state index contributed by atoms with van der Waals surface area (Å²) >= 11 is 0. The quantitative estimate of drug-likeness (QED) is 0.855. The minimum atomic E-state index is -0.743. The molecule has 1 aromatic rings. The molecule has 0 unspecified atom stereocenters. The highest BCUT2D eigenvalue weighted by Gasteiger charge is 2.13. The SMILES string of the molecule is CCN(CCC(=O)O)c1ccc(N2CCCC2)cc1. The zero-order valence-corrected chi connectivity index (χ0v) is 11.5. The second kappa shape index (κ2) is 6.45. The van der Waals surface area contributed by atoms with Crippen molar-refractivity contribution >= 4 is 17.3 Å². The molecular weight excluding hydrogens is 240 g/mol. The Bertz CT molecular complexity index is 411. The molecule has 4 heteroatoms. The second-order valence-corrected chi connectivity index (χ2v) is 4.93. The van der Waals surface area contributed by atoms with E-state index in [1.807, 2.05) is 0 Å². The minimum absolute atomic E-state index is 0.182. The normalized spacial score (nSPS) is 14.7. The zero-order valence-electron chi connectivity index (χ0n) is 11.5. The van der Waals surface area contributed by atoms with Crippen molar-refractivity contribution in [2.24, 2.45) is 0 Å². The highest BCUT2D eigenvalue weighted by molar-refractivity contribution is 5.68. The summed E-state index contributed by atoms with van der Waals surface area (Å²) in [5.41, 5.74) is 2.38. The van der Waals surface area contributed by atoms with Gasteiger partial charge in [0.25, 0.3) is 0 Å². The Morgan fingerprint density at radius 3 is 2.42 bits per heavy atom. The molecule has 19 heavy (non-hydrogen) atoms. The molecule has 0 amide bonds. The van der Waals surface area contributed by atoms with Gasteiger partial charge in [0.15, 0.2) is 0 Å². The summed E-state index contributed by atoms with van der Waals surface area (Å²) in [5.74, 6) is -0.743. The summed E-state index contributed by atoms with van der Waals surface area (Å²) in [7, 11) is 0. The molecule has 0 radical (unpaired) electrons. The molecule has 4 nitrogen and oxygen atoms in total. The molecule has 2 rings (SSSR count). The van der Waals surface area contributed by atoms with Crippen LogP contribution >= 0.6 is 0 Å². The minimum Gasteiger partial charge on any atom is -0.481 e. The fourth-order valence-electron chi connectivity index (χ4n) is 2.55. The smallest absolute Gasteiger partial charge is 0.305 e. The van der Waals surface area contributed by atoms with Crippen LogP contribution in [0.1, 0.15) is 26.2 Å². The van der Waals surface area contributed by atoms with Crippen LogP contribution in [0.25, 0.3) is 0 Å². The number of anilines is 2. The summed E-state index contributed by atoms with van der Waals surface area (Å²) in [6, 6.07) is 8.48. The van der Waals surface area contributed by atoms with Gasteiger partial charge in [-0.1, -0.05) is 0 Å². The first kappa shape index (κ1) is 13.7. The van der Waals surface area contributed by atoms with Crippen LogP contribution in [0.4, 0.5) is 11.4 Å². The molecule has 1 N–H and O–H groups in total. The monoisotopic (exact) mass is 262 g/mol. The summed E-state index contributed by atoms with van der Waals surface area (Å²) < 4.78 is 0. The van der Waals surface area contributed by atoms with Crippen LogP contribution in [0.5, 0.6) is 0 Å². The molecule has 1 aliphatic heterocycles. The van der Waals surface area contributed by atoms with E-state index in [1.54, 1.807) is 0 Å². The predicted octanol–water partition coefficient (Wildman–Crippen LogP) is 2.59. The van der Waals surface area contributed by atoms with Gasteiger partial charge < -0.3 is 14.9 Å². The van der Waals surface area contributed by atoms with E-state index >= 15 is 0 Å². The lowest BCUT2D eigenvalue weighted by Gasteiger charge is -2.24. The summed E-state index contributed by atoms with van der Waals surface area (Å²) in [6.45, 7) is 5.74. The highest BCUT2D eigenvalue weighted by atomic mass is 16.4. The van der Waals surface area contributed by atoms with Gasteiger partial charge in [-0.2, -0.15) is 0 Å². The van der Waals surface area contributed by atoms with Gasteiger partial charge >= 0.3 is 5.97 Å². The first-order valence-corrected chi connectivity index (χ1v) is 7.02. The largest absolute Gasteiger partial charge is 0.481 e. The molecule has 0 aliphatic carbocycles. The van der Waals surface area contributed by atoms with Gasteiger partial charge in [0.1, 0.15) is 0 Å². The van der Waals surface area contributed by atoms with Crippen molar-refractivity contribution in [2.75, 3.05) is 36.0 Å². The van der Waals surface area contributed by atoms with E-state index in [4.69, 9.17) is 5.11 Å². The summed E-state index contributed by atoms with van der Waals surface area (Å²) in [6.07, 6.45) is 2.74. The molecule has 0 atom stereocenters. The van der Waals surface area contributed by atoms with Crippen LogP contribution in [0.3, 0.4) is 0 Å². The van der Waals surface area contributed by atoms with Crippen molar-refractivity contribution in [3.63, 3.8) is 0 Å². The van der Waals surface area contributed by atoms with Crippen LogP contribution < -0.4 is 9.80 Å². The molecule has 0 aromatic heterocycles. The van der Waals surface area contributed by atoms with E-state index in [2.05, 4.69) is 41.0 Å². The van der Waals surface area contributed by atoms with Crippen LogP contribution in [0, 0.1) is 0 Å². The third kappa shape index (κ3) is 3.63. The number of nitrogens with zero attached hydrogens (tertiary/aromatic N) is 2. The summed E-state index contributed by atoms with van der Waals surface area (Å²) in [5, 5.41) is 8.76. The molecule has 0 saturated carbocycles. The van der Waals surface area contributed by atoms with Gasteiger partial charge in [0.2, 0.25) is 0 Å². The zero-order chi connectivity index (χ0) is 13.7. The fourth-order valence-corrected chi connectivity index (χ4v) is 2.55. The molecule has 1 aliphatic rings. The average Bonchev–Trinajstić information content (AvgIpc) is 2.94. The summed E-state index contributed by atoms with van der Waals surface area (Å²) in [4.78, 5) is 15.1. The molecule has 1 saturated heterocycles. The van der Waals surface area contributed by atoms with Crippen LogP contribution in [-0.2, 0) is 4.79 Å². The van der Waals surface area contributed by atoms with E-state index in [0.29, 0.717) is 6.54 Å². The lowest BCUT2D eigenvalue weighted by molar-refractivity contribution is -0.136. The van der Waals surface area contributed by atoms with Gasteiger partial charge in [0, 0.05) is 37.6 Å². The number of carboxylic acids is 1. The number of rotatable bonds is 6. The van der Waals surface area contributed by atoms with Gasteiger partial charge in [-0.25, -0.2) is 0 Å². The van der Waals surface area contributed by atoms with E-state index < -0.39 is 5.97 Å². The van der Waals surface area contributed by atoms with Crippen LogP contribution in [-0.4, -0.2) is 37.3 Å². The number of carbonyl (C=O) groups is 1. The molecule has 1 fully saturated rings. The molecule has 1 heterocycles. The van der Waals surface area contributed by atoms with Crippen molar-refractivity contribution < 1.29 is 9.90 Å². The lowest BCUT2D eigenvalue weighted by Crippen LogP contribution is -2.25. The molecule has 0 spiro atoms. The van der Waals surface area contributed by atoms with Gasteiger partial charge in [-0.15, -0.1) is 0 Å². The Morgan fingerprint density at radius 1 is 1.26 bits per heavy atom. The van der Waals surface area contributed by atoms with Crippen molar-refractivity contribution in [2.45, 2.75) is 26.2 Å². The first-order chi connectivity index (χ1) is 9.20. The Kier molecular flexibility index (Phi) is 4.66. The maximum absolute atomic E-state index is 10.6. The Hall–Kier alpha value is -1.71. The second-order valence-electron chi connectivity index (χ2n) is 4.93. The third-order valence-electron chi connectivity index (χ3n) is 3.66. The number of aliphatic carboxylic acids is 1. The van der Waals surface area contributed by atoms with Crippen molar-refractivity contribution in [1.82, 2.24) is 0 Å². The first-order valence-electron chi connectivity index (χ1n) is 7.02. The number of hydrogen-bond acceptors (Lipinski definition) is 3. The van der Waals surface area contributed by atoms with Crippen molar-refractivity contribution in [3.8, 4) is 0 Å². The van der Waals surface area contributed by atoms with Crippen molar-refractivity contribution in [3.05, 3.63) is 24.3 Å². The van der Waals surface area contributed by atoms with Gasteiger partial charge in [0.05, 0.1) is 6.42 Å². The van der Waals surface area contributed by atoms with Gasteiger partial charge in [-0.3, -0.25) is 4.79 Å². The number of hydrogen-bond donors (Lipinski definition) is 1. The maximum atomic E-state index is 10.6.